The minimum Gasteiger partial charge on any atom is -0.497 e. The topological polar surface area (TPSA) is 85.4 Å². The molecule has 0 bridgehead atoms. The quantitative estimate of drug-likeness (QED) is 0.641. The van der Waals surface area contributed by atoms with Crippen molar-refractivity contribution >= 4 is 23.2 Å². The Labute approximate surface area is 163 Å². The van der Waals surface area contributed by atoms with Crippen LogP contribution in [0.25, 0.3) is 0 Å². The monoisotopic (exact) mass is 378 g/mol. The van der Waals surface area contributed by atoms with Gasteiger partial charge >= 0.3 is 0 Å². The molecule has 2 N–H and O–H groups in total. The second-order valence-corrected chi connectivity index (χ2v) is 5.99. The Hall–Kier alpha value is -3.61. The lowest BCUT2D eigenvalue weighted by Gasteiger charge is -2.10. The third kappa shape index (κ3) is 4.97. The summed E-state index contributed by atoms with van der Waals surface area (Å²) in [6, 6.07) is 16.2. The molecule has 0 fully saturated rings. The molecule has 28 heavy (non-hydrogen) atoms. The maximum Gasteiger partial charge on any atom is 0.274 e. The fourth-order valence-electron chi connectivity index (χ4n) is 2.57. The van der Waals surface area contributed by atoms with Gasteiger partial charge in [0, 0.05) is 23.1 Å². The Bertz CT molecular complexity index is 958. The van der Waals surface area contributed by atoms with Crippen LogP contribution in [0.1, 0.15) is 23.1 Å². The van der Waals surface area contributed by atoms with Gasteiger partial charge in [-0.15, -0.1) is 0 Å². The molecule has 1 aromatic heterocycles. The van der Waals surface area contributed by atoms with E-state index in [1.807, 2.05) is 44.2 Å². The highest BCUT2D eigenvalue weighted by Gasteiger charge is 2.12. The first kappa shape index (κ1) is 19.2. The van der Waals surface area contributed by atoms with Crippen molar-refractivity contribution in [3.05, 3.63) is 66.0 Å². The summed E-state index contributed by atoms with van der Waals surface area (Å²) < 4.78 is 10.6. The lowest BCUT2D eigenvalue weighted by molar-refractivity contribution is 0.102. The predicted molar refractivity (Wildman–Crippen MR) is 109 cm³/mol. The van der Waals surface area contributed by atoms with Crippen molar-refractivity contribution in [2.24, 2.45) is 0 Å². The van der Waals surface area contributed by atoms with E-state index in [0.717, 1.165) is 11.4 Å². The van der Waals surface area contributed by atoms with Crippen LogP contribution >= 0.6 is 0 Å². The third-order valence-electron chi connectivity index (χ3n) is 3.84. The number of anilines is 3. The molecule has 0 atom stereocenters. The fourth-order valence-corrected chi connectivity index (χ4v) is 2.57. The van der Waals surface area contributed by atoms with Gasteiger partial charge in [0.05, 0.1) is 13.7 Å². The number of aromatic nitrogens is 2. The van der Waals surface area contributed by atoms with Crippen LogP contribution in [0.4, 0.5) is 17.3 Å². The average Bonchev–Trinajstić information content (AvgIpc) is 2.69. The van der Waals surface area contributed by atoms with Crippen molar-refractivity contribution in [1.29, 1.82) is 0 Å². The number of methoxy groups -OCH3 is 1. The number of benzene rings is 2. The van der Waals surface area contributed by atoms with Crippen molar-refractivity contribution in [1.82, 2.24) is 9.97 Å². The smallest absolute Gasteiger partial charge is 0.274 e. The Balaban J connectivity index is 1.75. The number of carbonyl (C=O) groups is 1. The van der Waals surface area contributed by atoms with Gasteiger partial charge in [0.2, 0.25) is 5.95 Å². The minimum atomic E-state index is -0.325. The van der Waals surface area contributed by atoms with Crippen LogP contribution in [0.15, 0.2) is 54.6 Å². The highest BCUT2D eigenvalue weighted by Crippen LogP contribution is 2.20. The number of aryl methyl sites for hydroxylation is 1. The molecule has 0 spiro atoms. The average molecular weight is 378 g/mol. The van der Waals surface area contributed by atoms with Crippen LogP contribution in [0.2, 0.25) is 0 Å². The molecule has 7 nitrogen and oxygen atoms in total. The van der Waals surface area contributed by atoms with Crippen LogP contribution in [0.5, 0.6) is 11.5 Å². The maximum absolute atomic E-state index is 12.6. The van der Waals surface area contributed by atoms with Crippen molar-refractivity contribution in [3.8, 4) is 11.5 Å². The summed E-state index contributed by atoms with van der Waals surface area (Å²) in [5.41, 5.74) is 2.37. The normalized spacial score (nSPS) is 10.2. The van der Waals surface area contributed by atoms with Gasteiger partial charge in [-0.2, -0.15) is 0 Å². The van der Waals surface area contributed by atoms with E-state index in [9.17, 15) is 4.79 Å². The summed E-state index contributed by atoms with van der Waals surface area (Å²) in [4.78, 5) is 21.3. The lowest BCUT2D eigenvalue weighted by atomic mass is 10.2. The molecule has 7 heteroatoms. The van der Waals surface area contributed by atoms with Gasteiger partial charge in [0.1, 0.15) is 17.2 Å². The molecule has 144 valence electrons. The van der Waals surface area contributed by atoms with Crippen molar-refractivity contribution in [2.45, 2.75) is 13.8 Å². The summed E-state index contributed by atoms with van der Waals surface area (Å²) in [5, 5.41) is 5.93. The molecule has 0 unspecified atom stereocenters. The summed E-state index contributed by atoms with van der Waals surface area (Å²) in [6.07, 6.45) is 0. The molecule has 0 aliphatic heterocycles. The van der Waals surface area contributed by atoms with Crippen molar-refractivity contribution in [3.63, 3.8) is 0 Å². The predicted octanol–water partition coefficient (Wildman–Crippen LogP) is 4.19. The first-order valence-electron chi connectivity index (χ1n) is 8.88. The zero-order valence-electron chi connectivity index (χ0n) is 16.0. The zero-order valence-corrected chi connectivity index (χ0v) is 16.0. The second-order valence-electron chi connectivity index (χ2n) is 5.99. The number of amides is 1. The zero-order chi connectivity index (χ0) is 19.9. The second kappa shape index (κ2) is 8.85. The van der Waals surface area contributed by atoms with Crippen LogP contribution in [0, 0.1) is 6.92 Å². The van der Waals surface area contributed by atoms with Gasteiger partial charge in [-0.1, -0.05) is 6.07 Å². The van der Waals surface area contributed by atoms with Crippen LogP contribution < -0.4 is 20.1 Å². The van der Waals surface area contributed by atoms with Crippen LogP contribution in [-0.2, 0) is 0 Å². The van der Waals surface area contributed by atoms with Gasteiger partial charge in [0.25, 0.3) is 5.91 Å². The molecule has 3 rings (SSSR count). The largest absolute Gasteiger partial charge is 0.497 e. The molecule has 0 radical (unpaired) electrons. The number of ether oxygens (including phenoxy) is 2. The van der Waals surface area contributed by atoms with Gasteiger partial charge in [-0.05, 0) is 56.3 Å². The maximum atomic E-state index is 12.6. The van der Waals surface area contributed by atoms with E-state index in [-0.39, 0.29) is 11.6 Å². The van der Waals surface area contributed by atoms with Gasteiger partial charge in [-0.3, -0.25) is 4.79 Å². The van der Waals surface area contributed by atoms with E-state index in [2.05, 4.69) is 20.6 Å². The Morgan fingerprint density at radius 2 is 1.79 bits per heavy atom. The lowest BCUT2D eigenvalue weighted by Crippen LogP contribution is -2.15. The van der Waals surface area contributed by atoms with E-state index in [1.54, 1.807) is 31.4 Å². The number of nitrogens with one attached hydrogen (secondary N) is 2. The number of hydrogen-bond donors (Lipinski definition) is 2. The summed E-state index contributed by atoms with van der Waals surface area (Å²) >= 11 is 0. The molecule has 0 aliphatic carbocycles. The van der Waals surface area contributed by atoms with Gasteiger partial charge in [-0.25, -0.2) is 9.97 Å². The molecular formula is C21H22N4O3. The first-order valence-corrected chi connectivity index (χ1v) is 8.88. The molecule has 0 saturated carbocycles. The molecular weight excluding hydrogens is 356 g/mol. The van der Waals surface area contributed by atoms with Crippen molar-refractivity contribution < 1.29 is 14.3 Å². The van der Waals surface area contributed by atoms with Crippen LogP contribution in [-0.4, -0.2) is 29.6 Å². The van der Waals surface area contributed by atoms with Gasteiger partial charge < -0.3 is 20.1 Å². The molecule has 0 aliphatic rings. The SMILES string of the molecule is CCOc1ccc(Nc2nc(C)cc(C(=O)Nc3cccc(OC)c3)n2)cc1. The molecule has 1 heterocycles. The number of rotatable bonds is 7. The Kier molecular flexibility index (Phi) is 6.06. The minimum absolute atomic E-state index is 0.267. The highest BCUT2D eigenvalue weighted by molar-refractivity contribution is 6.03. The summed E-state index contributed by atoms with van der Waals surface area (Å²) in [7, 11) is 1.58. The molecule has 1 amide bonds. The molecule has 2 aromatic carbocycles. The van der Waals surface area contributed by atoms with Crippen molar-refractivity contribution in [2.75, 3.05) is 24.4 Å². The Morgan fingerprint density at radius 3 is 2.50 bits per heavy atom. The summed E-state index contributed by atoms with van der Waals surface area (Å²) in [5.74, 6) is 1.47. The van der Waals surface area contributed by atoms with E-state index >= 15 is 0 Å². The summed E-state index contributed by atoms with van der Waals surface area (Å²) in [6.45, 7) is 4.36. The van der Waals surface area contributed by atoms with E-state index in [0.29, 0.717) is 29.7 Å². The molecule has 3 aromatic rings. The molecule has 0 saturated heterocycles. The Morgan fingerprint density at radius 1 is 1.00 bits per heavy atom. The van der Waals surface area contributed by atoms with Crippen LogP contribution in [0.3, 0.4) is 0 Å². The standard InChI is InChI=1S/C21H22N4O3/c1-4-28-17-10-8-15(9-11-17)24-21-22-14(2)12-19(25-21)20(26)23-16-6-5-7-18(13-16)27-3/h5-13H,4H2,1-3H3,(H,23,26)(H,22,24,25). The van der Waals surface area contributed by atoms with E-state index in [1.165, 1.54) is 0 Å². The van der Waals surface area contributed by atoms with E-state index in [4.69, 9.17) is 9.47 Å². The van der Waals surface area contributed by atoms with E-state index < -0.39 is 0 Å². The first-order chi connectivity index (χ1) is 13.6. The number of carbonyl (C=O) groups excluding carboxylic acids is 1. The third-order valence-corrected chi connectivity index (χ3v) is 3.84. The number of hydrogen-bond acceptors (Lipinski definition) is 6. The fraction of sp³-hybridized carbons (Fsp3) is 0.190. The highest BCUT2D eigenvalue weighted by atomic mass is 16.5. The van der Waals surface area contributed by atoms with Gasteiger partial charge in [0.15, 0.2) is 0 Å². The number of nitrogens with zero attached hydrogens (tertiary/aromatic N) is 2.